The second kappa shape index (κ2) is 8.81. The molecule has 1 atom stereocenters. The first-order chi connectivity index (χ1) is 12.8. The first kappa shape index (κ1) is 20.6. The highest BCUT2D eigenvalue weighted by molar-refractivity contribution is 7.18. The average Bonchev–Trinajstić information content (AvgIpc) is 3.18. The molecular weight excluding hydrogens is 370 g/mol. The van der Waals surface area contributed by atoms with Crippen LogP contribution < -0.4 is 5.32 Å². The van der Waals surface area contributed by atoms with Crippen LogP contribution >= 0.6 is 11.3 Å². The Morgan fingerprint density at radius 3 is 2.37 bits per heavy atom. The second-order valence-corrected chi connectivity index (χ2v) is 6.82. The minimum Gasteiger partial charge on any atom is -0.462 e. The van der Waals surface area contributed by atoms with E-state index in [9.17, 15) is 14.4 Å². The van der Waals surface area contributed by atoms with Gasteiger partial charge in [0.2, 0.25) is 5.91 Å². The van der Waals surface area contributed by atoms with Crippen molar-refractivity contribution < 1.29 is 23.9 Å². The van der Waals surface area contributed by atoms with Crippen LogP contribution in [0.15, 0.2) is 12.3 Å². The number of ether oxygens (including phenoxy) is 2. The van der Waals surface area contributed by atoms with E-state index in [0.717, 1.165) is 17.0 Å². The number of carbonyl (C=O) groups excluding carboxylic acids is 3. The lowest BCUT2D eigenvalue weighted by atomic mass is 10.1. The van der Waals surface area contributed by atoms with E-state index in [4.69, 9.17) is 9.47 Å². The number of hydrogen-bond donors (Lipinski definition) is 1. The molecule has 0 aromatic carbocycles. The third-order valence-electron chi connectivity index (χ3n) is 3.84. The lowest BCUT2D eigenvalue weighted by Gasteiger charge is -2.13. The van der Waals surface area contributed by atoms with E-state index in [1.54, 1.807) is 40.0 Å². The van der Waals surface area contributed by atoms with Gasteiger partial charge in [0, 0.05) is 6.20 Å². The summed E-state index contributed by atoms with van der Waals surface area (Å²) in [6, 6.07) is 1.20. The van der Waals surface area contributed by atoms with Crippen LogP contribution in [-0.4, -0.2) is 40.8 Å². The normalized spacial score (nSPS) is 11.7. The lowest BCUT2D eigenvalue weighted by molar-refractivity contribution is -0.119. The van der Waals surface area contributed by atoms with Crippen LogP contribution in [0.2, 0.25) is 0 Å². The molecule has 8 nitrogen and oxygen atoms in total. The molecule has 0 saturated heterocycles. The maximum Gasteiger partial charge on any atom is 0.348 e. The van der Waals surface area contributed by atoms with Crippen LogP contribution in [0.1, 0.15) is 58.1 Å². The molecular formula is C18H23N3O5S. The predicted molar refractivity (Wildman–Crippen MR) is 101 cm³/mol. The van der Waals surface area contributed by atoms with E-state index in [0.29, 0.717) is 5.56 Å². The summed E-state index contributed by atoms with van der Waals surface area (Å²) >= 11 is 0.998. The molecule has 0 aliphatic heterocycles. The summed E-state index contributed by atoms with van der Waals surface area (Å²) in [6.45, 7) is 8.93. The Morgan fingerprint density at radius 1 is 1.19 bits per heavy atom. The zero-order valence-corrected chi connectivity index (χ0v) is 16.8. The van der Waals surface area contributed by atoms with Gasteiger partial charge in [-0.2, -0.15) is 5.10 Å². The maximum atomic E-state index is 12.6. The summed E-state index contributed by atoms with van der Waals surface area (Å²) in [5, 5.41) is 7.21. The van der Waals surface area contributed by atoms with E-state index < -0.39 is 18.0 Å². The van der Waals surface area contributed by atoms with Gasteiger partial charge < -0.3 is 14.8 Å². The van der Waals surface area contributed by atoms with Crippen LogP contribution in [0.3, 0.4) is 0 Å². The summed E-state index contributed by atoms with van der Waals surface area (Å²) in [5.41, 5.74) is 1.38. The first-order valence-corrected chi connectivity index (χ1v) is 9.41. The van der Waals surface area contributed by atoms with Crippen molar-refractivity contribution in [1.82, 2.24) is 9.78 Å². The van der Waals surface area contributed by atoms with Crippen LogP contribution in [0.25, 0.3) is 0 Å². The third kappa shape index (κ3) is 4.54. The van der Waals surface area contributed by atoms with E-state index >= 15 is 0 Å². The van der Waals surface area contributed by atoms with Gasteiger partial charge in [0.15, 0.2) is 0 Å². The molecule has 2 aromatic rings. The number of aromatic nitrogens is 2. The quantitative estimate of drug-likeness (QED) is 0.726. The Morgan fingerprint density at radius 2 is 1.81 bits per heavy atom. The number of esters is 2. The minimum atomic E-state index is -0.598. The van der Waals surface area contributed by atoms with Gasteiger partial charge in [0.05, 0.1) is 24.5 Å². The van der Waals surface area contributed by atoms with Gasteiger partial charge in [-0.05, 0) is 46.2 Å². The molecule has 0 fully saturated rings. The van der Waals surface area contributed by atoms with Crippen molar-refractivity contribution in [3.63, 3.8) is 0 Å². The number of nitrogens with one attached hydrogen (secondary N) is 1. The molecule has 9 heteroatoms. The Bertz CT molecular complexity index is 855. The predicted octanol–water partition coefficient (Wildman–Crippen LogP) is 3.11. The van der Waals surface area contributed by atoms with Crippen molar-refractivity contribution in [3.05, 3.63) is 34.0 Å². The average molecular weight is 393 g/mol. The number of nitrogens with zero attached hydrogens (tertiary/aromatic N) is 2. The molecule has 0 radical (unpaired) electrons. The summed E-state index contributed by atoms with van der Waals surface area (Å²) < 4.78 is 11.6. The number of thiophene rings is 1. The molecule has 0 bridgehead atoms. The largest absolute Gasteiger partial charge is 0.462 e. The highest BCUT2D eigenvalue weighted by Crippen LogP contribution is 2.34. The van der Waals surface area contributed by atoms with Gasteiger partial charge in [-0.1, -0.05) is 0 Å². The van der Waals surface area contributed by atoms with Crippen LogP contribution in [0.4, 0.5) is 5.00 Å². The first-order valence-electron chi connectivity index (χ1n) is 8.60. The summed E-state index contributed by atoms with van der Waals surface area (Å²) in [7, 11) is 0. The highest BCUT2D eigenvalue weighted by atomic mass is 32.1. The number of amides is 1. The zero-order chi connectivity index (χ0) is 20.1. The monoisotopic (exact) mass is 393 g/mol. The fraction of sp³-hybridized carbons (Fsp3) is 0.444. The van der Waals surface area contributed by atoms with Gasteiger partial charge in [0.1, 0.15) is 15.9 Å². The number of hydrogen-bond acceptors (Lipinski definition) is 7. The molecule has 2 rings (SSSR count). The molecule has 0 aliphatic rings. The molecule has 27 heavy (non-hydrogen) atoms. The molecule has 2 heterocycles. The topological polar surface area (TPSA) is 99.5 Å². The Labute approximate surface area is 161 Å². The molecule has 0 saturated carbocycles. The maximum absolute atomic E-state index is 12.6. The molecule has 146 valence electrons. The van der Waals surface area contributed by atoms with Crippen molar-refractivity contribution in [2.75, 3.05) is 18.5 Å². The third-order valence-corrected chi connectivity index (χ3v) is 5.03. The Kier molecular flexibility index (Phi) is 6.73. The standard InChI is InChI=1S/C18H23N3O5S/c1-6-25-17(23)13-11(4)14(18(24)26-7-2)27-16(13)19-15(22)12(5)21-9-8-10(3)20-21/h8-9,12H,6-7H2,1-5H3,(H,19,22). The number of rotatable bonds is 7. The van der Waals surface area contributed by atoms with Crippen molar-refractivity contribution in [2.24, 2.45) is 0 Å². The highest BCUT2D eigenvalue weighted by Gasteiger charge is 2.28. The number of anilines is 1. The van der Waals surface area contributed by atoms with E-state index in [1.807, 2.05) is 6.92 Å². The molecule has 1 N–H and O–H groups in total. The molecule has 1 unspecified atom stereocenters. The van der Waals surface area contributed by atoms with Crippen LogP contribution in [-0.2, 0) is 14.3 Å². The van der Waals surface area contributed by atoms with Crippen molar-refractivity contribution >= 4 is 34.2 Å². The van der Waals surface area contributed by atoms with E-state index in [-0.39, 0.29) is 34.6 Å². The molecule has 0 aliphatic carbocycles. The Balaban J connectivity index is 2.35. The van der Waals surface area contributed by atoms with Crippen LogP contribution in [0, 0.1) is 13.8 Å². The second-order valence-electron chi connectivity index (χ2n) is 5.80. The number of carbonyl (C=O) groups is 3. The molecule has 2 aromatic heterocycles. The smallest absolute Gasteiger partial charge is 0.348 e. The zero-order valence-electron chi connectivity index (χ0n) is 16.0. The number of aryl methyl sites for hydroxylation is 1. The minimum absolute atomic E-state index is 0.169. The van der Waals surface area contributed by atoms with Gasteiger partial charge in [0.25, 0.3) is 0 Å². The van der Waals surface area contributed by atoms with Gasteiger partial charge in [-0.25, -0.2) is 9.59 Å². The molecule has 0 spiro atoms. The van der Waals surface area contributed by atoms with Crippen molar-refractivity contribution in [3.8, 4) is 0 Å². The van der Waals surface area contributed by atoms with Crippen LogP contribution in [0.5, 0.6) is 0 Å². The summed E-state index contributed by atoms with van der Waals surface area (Å²) in [6.07, 6.45) is 1.70. The summed E-state index contributed by atoms with van der Waals surface area (Å²) in [5.74, 6) is -1.50. The SMILES string of the molecule is CCOC(=O)c1sc(NC(=O)C(C)n2ccc(C)n2)c(C(=O)OCC)c1C. The molecule has 1 amide bonds. The summed E-state index contributed by atoms with van der Waals surface area (Å²) in [4.78, 5) is 37.4. The lowest BCUT2D eigenvalue weighted by Crippen LogP contribution is -2.24. The Hall–Kier alpha value is -2.68. The van der Waals surface area contributed by atoms with Crippen molar-refractivity contribution in [1.29, 1.82) is 0 Å². The van der Waals surface area contributed by atoms with E-state index in [2.05, 4.69) is 10.4 Å². The van der Waals surface area contributed by atoms with Gasteiger partial charge >= 0.3 is 11.9 Å². The van der Waals surface area contributed by atoms with Gasteiger partial charge in [-0.3, -0.25) is 9.48 Å². The fourth-order valence-electron chi connectivity index (χ4n) is 2.43. The fourth-order valence-corrected chi connectivity index (χ4v) is 3.52. The van der Waals surface area contributed by atoms with E-state index in [1.165, 1.54) is 4.68 Å². The van der Waals surface area contributed by atoms with Crippen molar-refractivity contribution in [2.45, 2.75) is 40.7 Å². The van der Waals surface area contributed by atoms with Gasteiger partial charge in [-0.15, -0.1) is 11.3 Å².